The van der Waals surface area contributed by atoms with E-state index >= 15 is 0 Å². The molecule has 0 aliphatic carbocycles. The van der Waals surface area contributed by atoms with Crippen LogP contribution in [0, 0.1) is 5.92 Å². The van der Waals surface area contributed by atoms with Gasteiger partial charge in [-0.2, -0.15) is 0 Å². The lowest BCUT2D eigenvalue weighted by Crippen LogP contribution is -2.54. The molecule has 8 heteroatoms. The largest absolute Gasteiger partial charge is 0.330 e. The number of rotatable bonds is 4. The fourth-order valence-electron chi connectivity index (χ4n) is 4.73. The Balaban J connectivity index is 1.56. The van der Waals surface area contributed by atoms with Gasteiger partial charge in [0.05, 0.1) is 11.1 Å². The third kappa shape index (κ3) is 3.36. The number of nitrogens with zero attached hydrogens (tertiary/aromatic N) is 2. The van der Waals surface area contributed by atoms with Crippen LogP contribution < -0.4 is 11.1 Å². The Morgan fingerprint density at radius 3 is 2.52 bits per heavy atom. The number of nitrogens with two attached hydrogens (primary N) is 1. The third-order valence-corrected chi connectivity index (χ3v) is 6.33. The predicted octanol–water partition coefficient (Wildman–Crippen LogP) is 0.647. The van der Waals surface area contributed by atoms with E-state index in [1.165, 1.54) is 0 Å². The average Bonchev–Trinajstić information content (AvgIpc) is 3.09. The highest BCUT2D eigenvalue weighted by molar-refractivity contribution is 6.23. The first kappa shape index (κ1) is 19.7. The first-order valence-corrected chi connectivity index (χ1v) is 10.0. The zero-order valence-electron chi connectivity index (χ0n) is 16.7. The summed E-state index contributed by atoms with van der Waals surface area (Å²) in [6, 6.07) is 4.35. The molecule has 2 saturated heterocycles. The summed E-state index contributed by atoms with van der Waals surface area (Å²) < 4.78 is 0. The number of piperidine rings is 1. The van der Waals surface area contributed by atoms with E-state index in [1.807, 2.05) is 6.07 Å². The summed E-state index contributed by atoms with van der Waals surface area (Å²) in [5.74, 6) is -1.47. The van der Waals surface area contributed by atoms with Gasteiger partial charge in [-0.15, -0.1) is 0 Å². The molecule has 3 heterocycles. The minimum absolute atomic E-state index is 0.0155. The highest BCUT2D eigenvalue weighted by atomic mass is 16.2. The summed E-state index contributed by atoms with van der Waals surface area (Å²) in [4.78, 5) is 52.7. The zero-order valence-corrected chi connectivity index (χ0v) is 16.7. The van der Waals surface area contributed by atoms with Gasteiger partial charge in [-0.25, -0.2) is 0 Å². The number of likely N-dealkylation sites (tertiary alicyclic amines) is 1. The Morgan fingerprint density at radius 2 is 1.86 bits per heavy atom. The van der Waals surface area contributed by atoms with Gasteiger partial charge in [0.15, 0.2) is 0 Å². The number of nitrogens with one attached hydrogen (secondary N) is 1. The molecule has 8 nitrogen and oxygen atoms in total. The van der Waals surface area contributed by atoms with Gasteiger partial charge in [-0.1, -0.05) is 6.07 Å². The van der Waals surface area contributed by atoms with Crippen molar-refractivity contribution in [1.82, 2.24) is 15.1 Å². The van der Waals surface area contributed by atoms with Crippen molar-refractivity contribution < 1.29 is 19.2 Å². The fourth-order valence-corrected chi connectivity index (χ4v) is 4.73. The van der Waals surface area contributed by atoms with E-state index in [0.717, 1.165) is 23.4 Å². The monoisotopic (exact) mass is 398 g/mol. The standard InChI is InChI=1S/C21H26N4O4/c1-21(2)8-13(9-22)11-24(21)10-12-3-4-14-15(7-12)20(29)25(19(14)28)16-5-6-17(26)23-18(16)27/h3-4,7,13,16H,5-6,8-11,22H2,1-2H3,(H,23,26,27). The van der Waals surface area contributed by atoms with Gasteiger partial charge in [0.25, 0.3) is 11.8 Å². The molecule has 4 amide bonds. The van der Waals surface area contributed by atoms with Crippen LogP contribution in [0.1, 0.15) is 59.4 Å². The molecule has 3 aliphatic heterocycles. The van der Waals surface area contributed by atoms with Gasteiger partial charge in [0, 0.05) is 25.0 Å². The number of amides is 4. The van der Waals surface area contributed by atoms with Crippen molar-refractivity contribution in [2.75, 3.05) is 13.1 Å². The number of benzene rings is 1. The quantitative estimate of drug-likeness (QED) is 0.720. The maximum absolute atomic E-state index is 13.0. The lowest BCUT2D eigenvalue weighted by atomic mass is 9.96. The van der Waals surface area contributed by atoms with Crippen LogP contribution in [-0.4, -0.2) is 58.1 Å². The number of carbonyl (C=O) groups excluding carboxylic acids is 4. The number of hydrogen-bond acceptors (Lipinski definition) is 6. The van der Waals surface area contributed by atoms with Gasteiger partial charge >= 0.3 is 0 Å². The second-order valence-corrected chi connectivity index (χ2v) is 8.83. The molecule has 0 aromatic heterocycles. The van der Waals surface area contributed by atoms with Crippen molar-refractivity contribution in [2.45, 2.75) is 51.2 Å². The highest BCUT2D eigenvalue weighted by Crippen LogP contribution is 2.34. The van der Waals surface area contributed by atoms with Crippen molar-refractivity contribution >= 4 is 23.6 Å². The molecule has 2 fully saturated rings. The van der Waals surface area contributed by atoms with Gasteiger partial charge in [0.1, 0.15) is 6.04 Å². The van der Waals surface area contributed by atoms with Crippen LogP contribution in [0.25, 0.3) is 0 Å². The SMILES string of the molecule is CC1(C)CC(CN)CN1Cc1ccc2c(c1)C(=O)N(C1CCC(=O)NC1=O)C2=O. The second kappa shape index (κ2) is 7.03. The summed E-state index contributed by atoms with van der Waals surface area (Å²) in [7, 11) is 0. The molecule has 29 heavy (non-hydrogen) atoms. The fraction of sp³-hybridized carbons (Fsp3) is 0.524. The zero-order chi connectivity index (χ0) is 20.9. The van der Waals surface area contributed by atoms with Gasteiger partial charge in [-0.05, 0) is 56.8 Å². The van der Waals surface area contributed by atoms with Gasteiger partial charge in [0.2, 0.25) is 11.8 Å². The molecule has 0 saturated carbocycles. The van der Waals surface area contributed by atoms with Crippen LogP contribution >= 0.6 is 0 Å². The average molecular weight is 398 g/mol. The first-order valence-electron chi connectivity index (χ1n) is 10.0. The van der Waals surface area contributed by atoms with E-state index in [2.05, 4.69) is 24.1 Å². The molecule has 3 aliphatic rings. The first-order chi connectivity index (χ1) is 13.7. The van der Waals surface area contributed by atoms with Crippen molar-refractivity contribution in [1.29, 1.82) is 0 Å². The van der Waals surface area contributed by atoms with Crippen LogP contribution in [0.3, 0.4) is 0 Å². The van der Waals surface area contributed by atoms with E-state index < -0.39 is 23.8 Å². The van der Waals surface area contributed by atoms with Crippen LogP contribution in [0.15, 0.2) is 18.2 Å². The van der Waals surface area contributed by atoms with Crippen molar-refractivity contribution in [3.8, 4) is 0 Å². The van der Waals surface area contributed by atoms with Crippen LogP contribution in [0.5, 0.6) is 0 Å². The number of imide groups is 2. The minimum Gasteiger partial charge on any atom is -0.330 e. The van der Waals surface area contributed by atoms with E-state index in [0.29, 0.717) is 30.1 Å². The lowest BCUT2D eigenvalue weighted by molar-refractivity contribution is -0.136. The molecule has 0 spiro atoms. The number of hydrogen-bond donors (Lipinski definition) is 2. The van der Waals surface area contributed by atoms with E-state index in [4.69, 9.17) is 5.73 Å². The minimum atomic E-state index is -0.939. The number of carbonyl (C=O) groups is 4. The highest BCUT2D eigenvalue weighted by Gasteiger charge is 2.45. The summed E-state index contributed by atoms with van der Waals surface area (Å²) in [5.41, 5.74) is 7.45. The molecular weight excluding hydrogens is 372 g/mol. The molecular formula is C21H26N4O4. The molecule has 2 atom stereocenters. The third-order valence-electron chi connectivity index (χ3n) is 6.33. The number of fused-ring (bicyclic) bond motifs is 1. The molecule has 1 aromatic carbocycles. The van der Waals surface area contributed by atoms with Crippen LogP contribution in [0.4, 0.5) is 0 Å². The van der Waals surface area contributed by atoms with Crippen LogP contribution in [-0.2, 0) is 16.1 Å². The smallest absolute Gasteiger partial charge is 0.262 e. The lowest BCUT2D eigenvalue weighted by Gasteiger charge is -2.31. The van der Waals surface area contributed by atoms with E-state index in [-0.39, 0.29) is 24.3 Å². The topological polar surface area (TPSA) is 113 Å². The Bertz CT molecular complexity index is 910. The predicted molar refractivity (Wildman–Crippen MR) is 105 cm³/mol. The van der Waals surface area contributed by atoms with Crippen molar-refractivity contribution in [3.05, 3.63) is 34.9 Å². The Morgan fingerprint density at radius 1 is 1.14 bits per heavy atom. The normalized spacial score (nSPS) is 26.8. The van der Waals surface area contributed by atoms with E-state index in [9.17, 15) is 19.2 Å². The van der Waals surface area contributed by atoms with Crippen LogP contribution in [0.2, 0.25) is 0 Å². The Kier molecular flexibility index (Phi) is 4.78. The maximum Gasteiger partial charge on any atom is 0.262 e. The molecule has 4 rings (SSSR count). The summed E-state index contributed by atoms with van der Waals surface area (Å²) in [6.07, 6.45) is 1.29. The Labute approximate surface area is 169 Å². The molecule has 3 N–H and O–H groups in total. The molecule has 154 valence electrons. The summed E-state index contributed by atoms with van der Waals surface area (Å²) >= 11 is 0. The summed E-state index contributed by atoms with van der Waals surface area (Å²) in [6.45, 7) is 6.59. The molecule has 0 bridgehead atoms. The van der Waals surface area contributed by atoms with Crippen molar-refractivity contribution in [2.24, 2.45) is 11.7 Å². The molecule has 0 radical (unpaired) electrons. The van der Waals surface area contributed by atoms with Gasteiger partial charge < -0.3 is 5.73 Å². The van der Waals surface area contributed by atoms with E-state index in [1.54, 1.807) is 12.1 Å². The van der Waals surface area contributed by atoms with Gasteiger partial charge in [-0.3, -0.25) is 34.3 Å². The molecule has 1 aromatic rings. The maximum atomic E-state index is 13.0. The molecule has 2 unspecified atom stereocenters. The Hall–Kier alpha value is -2.58. The second-order valence-electron chi connectivity index (χ2n) is 8.83. The summed E-state index contributed by atoms with van der Waals surface area (Å²) in [5, 5.41) is 2.21. The van der Waals surface area contributed by atoms with Crippen molar-refractivity contribution in [3.63, 3.8) is 0 Å².